The second-order valence-electron chi connectivity index (χ2n) is 5.71. The first-order valence-electron chi connectivity index (χ1n) is 8.04. The summed E-state index contributed by atoms with van der Waals surface area (Å²) in [6.45, 7) is -1.14. The SMILES string of the molecule is CNC[C@H](O)[C@@H](O)[C@H](O)[C@H](O)CO.CNC[C@H](O)[C@@H](O)[C@H](O)[C@H](O)CO.[Gd]. The molecule has 27 heavy (non-hydrogen) atoms. The Labute approximate surface area is 190 Å². The smallest absolute Gasteiger partial charge is 0.111 e. The van der Waals surface area contributed by atoms with E-state index in [0.717, 1.165) is 0 Å². The maximum atomic E-state index is 9.21. The summed E-state index contributed by atoms with van der Waals surface area (Å²) in [4.78, 5) is 0. The number of aliphatic hydroxyl groups is 10. The molecule has 0 saturated heterocycles. The second kappa shape index (κ2) is 18.8. The van der Waals surface area contributed by atoms with E-state index in [4.69, 9.17) is 40.9 Å². The normalized spacial score (nSPS) is 20.0. The Morgan fingerprint density at radius 3 is 0.926 bits per heavy atom. The third-order valence-electron chi connectivity index (χ3n) is 3.48. The Morgan fingerprint density at radius 1 is 0.519 bits per heavy atom. The Kier molecular flexibility index (Phi) is 22.7. The predicted molar refractivity (Wildman–Crippen MR) is 90.1 cm³/mol. The fraction of sp³-hybridized carbons (Fsp3) is 1.00. The van der Waals surface area contributed by atoms with Crippen molar-refractivity contribution in [3.05, 3.63) is 0 Å². The van der Waals surface area contributed by atoms with Crippen LogP contribution in [0.5, 0.6) is 0 Å². The van der Waals surface area contributed by atoms with Gasteiger partial charge in [-0.15, -0.1) is 0 Å². The van der Waals surface area contributed by atoms with Crippen molar-refractivity contribution in [1.82, 2.24) is 10.6 Å². The summed E-state index contributed by atoms with van der Waals surface area (Å²) >= 11 is 0. The van der Waals surface area contributed by atoms with Gasteiger partial charge in [0.2, 0.25) is 0 Å². The fourth-order valence-electron chi connectivity index (χ4n) is 1.79. The summed E-state index contributed by atoms with van der Waals surface area (Å²) in [6, 6.07) is 0. The van der Waals surface area contributed by atoms with Gasteiger partial charge in [-0.25, -0.2) is 0 Å². The topological polar surface area (TPSA) is 226 Å². The van der Waals surface area contributed by atoms with Crippen molar-refractivity contribution in [2.75, 3.05) is 40.4 Å². The van der Waals surface area contributed by atoms with Gasteiger partial charge in [0.05, 0.1) is 25.4 Å². The molecule has 13 heteroatoms. The van der Waals surface area contributed by atoms with Gasteiger partial charge in [0, 0.05) is 53.0 Å². The number of hydrogen-bond donors (Lipinski definition) is 12. The van der Waals surface area contributed by atoms with Crippen LogP contribution < -0.4 is 10.6 Å². The Bertz CT molecular complexity index is 304. The molecule has 0 heterocycles. The molecule has 12 N–H and O–H groups in total. The van der Waals surface area contributed by atoms with Gasteiger partial charge < -0.3 is 61.7 Å². The Hall–Kier alpha value is 0.845. The maximum Gasteiger partial charge on any atom is 0.111 e. The van der Waals surface area contributed by atoms with Crippen LogP contribution >= 0.6 is 0 Å². The number of rotatable bonds is 12. The van der Waals surface area contributed by atoms with Crippen molar-refractivity contribution in [2.45, 2.75) is 48.8 Å². The maximum absolute atomic E-state index is 9.21. The molecule has 0 aromatic heterocycles. The molecule has 0 rings (SSSR count). The molecule has 0 fully saturated rings. The summed E-state index contributed by atoms with van der Waals surface area (Å²) in [7, 11) is 3.15. The van der Waals surface area contributed by atoms with Gasteiger partial charge in [-0.1, -0.05) is 0 Å². The first-order chi connectivity index (χ1) is 12.1. The zero-order valence-corrected chi connectivity index (χ0v) is 17.5. The molecule has 0 spiro atoms. The van der Waals surface area contributed by atoms with E-state index in [1.165, 1.54) is 0 Å². The second-order valence-corrected chi connectivity index (χ2v) is 5.71. The van der Waals surface area contributed by atoms with Gasteiger partial charge in [-0.05, 0) is 14.1 Å². The summed E-state index contributed by atoms with van der Waals surface area (Å²) in [5, 5.41) is 95.0. The van der Waals surface area contributed by atoms with Crippen LogP contribution in [0.15, 0.2) is 0 Å². The van der Waals surface area contributed by atoms with Crippen molar-refractivity contribution >= 4 is 0 Å². The molecule has 0 saturated carbocycles. The van der Waals surface area contributed by atoms with Gasteiger partial charge >= 0.3 is 0 Å². The van der Waals surface area contributed by atoms with Crippen LogP contribution in [-0.4, -0.2) is 140 Å². The molecular formula is C14H34GdN2O10. The molecular weight excluding hydrogens is 513 g/mol. The van der Waals surface area contributed by atoms with E-state index < -0.39 is 62.0 Å². The minimum Gasteiger partial charge on any atom is -0.394 e. The van der Waals surface area contributed by atoms with E-state index in [2.05, 4.69) is 10.6 Å². The van der Waals surface area contributed by atoms with Gasteiger partial charge in [0.1, 0.15) is 36.6 Å². The largest absolute Gasteiger partial charge is 0.394 e. The van der Waals surface area contributed by atoms with Gasteiger partial charge in [0.15, 0.2) is 0 Å². The number of nitrogens with one attached hydrogen (secondary N) is 2. The molecule has 12 nitrogen and oxygen atoms in total. The molecule has 0 aromatic carbocycles. The molecule has 0 amide bonds. The van der Waals surface area contributed by atoms with Crippen LogP contribution in [0, 0.1) is 39.9 Å². The van der Waals surface area contributed by atoms with Gasteiger partial charge in [-0.3, -0.25) is 0 Å². The molecule has 0 aliphatic heterocycles. The zero-order valence-electron chi connectivity index (χ0n) is 15.3. The average Bonchev–Trinajstić information content (AvgIpc) is 2.64. The van der Waals surface area contributed by atoms with Crippen molar-refractivity contribution in [3.63, 3.8) is 0 Å². The Morgan fingerprint density at radius 2 is 0.741 bits per heavy atom. The number of hydrogen-bond acceptors (Lipinski definition) is 12. The van der Waals surface area contributed by atoms with E-state index in [1.54, 1.807) is 14.1 Å². The predicted octanol–water partition coefficient (Wildman–Crippen LogP) is -6.72. The number of aliphatic hydroxyl groups excluding tert-OH is 10. The first kappa shape index (κ1) is 32.5. The van der Waals surface area contributed by atoms with Crippen molar-refractivity contribution < 1.29 is 91.0 Å². The zero-order chi connectivity index (χ0) is 20.9. The fourth-order valence-corrected chi connectivity index (χ4v) is 1.79. The summed E-state index contributed by atoms with van der Waals surface area (Å²) in [5.74, 6) is 0. The van der Waals surface area contributed by atoms with Crippen LogP contribution in [0.2, 0.25) is 0 Å². The van der Waals surface area contributed by atoms with E-state index in [1.807, 2.05) is 0 Å². The summed E-state index contributed by atoms with van der Waals surface area (Å²) in [6.07, 6.45) is -11.3. The standard InChI is InChI=1S/2C7H17NO5.Gd/c2*1-8-2-4(10)6(12)7(13)5(11)3-9;/h2*4-13H,2-3H2,1H3;/t2*4-,5+,6+,7+;/m00./s1. The number of likely N-dealkylation sites (N-methyl/N-ethyl adjacent to an activating group) is 2. The van der Waals surface area contributed by atoms with Crippen molar-refractivity contribution in [1.29, 1.82) is 0 Å². The molecule has 0 unspecified atom stereocenters. The van der Waals surface area contributed by atoms with Gasteiger partial charge in [-0.2, -0.15) is 0 Å². The molecule has 0 bridgehead atoms. The van der Waals surface area contributed by atoms with Crippen LogP contribution in [0.3, 0.4) is 0 Å². The van der Waals surface area contributed by atoms with Crippen LogP contribution in [0.1, 0.15) is 0 Å². The van der Waals surface area contributed by atoms with Crippen LogP contribution in [0.25, 0.3) is 0 Å². The monoisotopic (exact) mass is 548 g/mol. The van der Waals surface area contributed by atoms with E-state index in [-0.39, 0.29) is 53.0 Å². The van der Waals surface area contributed by atoms with E-state index >= 15 is 0 Å². The minimum absolute atomic E-state index is 0. The average molecular weight is 548 g/mol. The van der Waals surface area contributed by atoms with Crippen molar-refractivity contribution in [3.8, 4) is 0 Å². The molecule has 0 aromatic rings. The molecule has 0 aliphatic rings. The Balaban J connectivity index is -0.000000411. The van der Waals surface area contributed by atoms with E-state index in [0.29, 0.717) is 0 Å². The van der Waals surface area contributed by atoms with Crippen molar-refractivity contribution in [2.24, 2.45) is 0 Å². The summed E-state index contributed by atoms with van der Waals surface area (Å²) < 4.78 is 0. The summed E-state index contributed by atoms with van der Waals surface area (Å²) in [5.41, 5.74) is 0. The van der Waals surface area contributed by atoms with Gasteiger partial charge in [0.25, 0.3) is 0 Å². The molecule has 0 radical (unpaired) electrons. The van der Waals surface area contributed by atoms with E-state index in [9.17, 15) is 10.2 Å². The third kappa shape index (κ3) is 13.6. The minimum atomic E-state index is -1.55. The molecule has 0 aliphatic carbocycles. The molecule has 8 atom stereocenters. The quantitative estimate of drug-likeness (QED) is 0.109. The van der Waals surface area contributed by atoms with Crippen LogP contribution in [0.4, 0.5) is 0 Å². The van der Waals surface area contributed by atoms with Crippen LogP contribution in [-0.2, 0) is 0 Å². The molecule has 168 valence electrons. The first-order valence-corrected chi connectivity index (χ1v) is 8.04. The third-order valence-corrected chi connectivity index (χ3v) is 3.48.